The minimum Gasteiger partial charge on any atom is -0.450 e. The van der Waals surface area contributed by atoms with Gasteiger partial charge in [-0.3, -0.25) is 10.00 Å². The first-order valence-electron chi connectivity index (χ1n) is 8.28. The van der Waals surface area contributed by atoms with E-state index in [4.69, 9.17) is 4.74 Å². The molecule has 0 saturated heterocycles. The second kappa shape index (κ2) is 6.26. The quantitative estimate of drug-likeness (QED) is 0.931. The third-order valence-electron chi connectivity index (χ3n) is 4.73. The van der Waals surface area contributed by atoms with Gasteiger partial charge in [-0.1, -0.05) is 6.92 Å². The van der Waals surface area contributed by atoms with Crippen LogP contribution in [0.1, 0.15) is 42.5 Å². The van der Waals surface area contributed by atoms with E-state index >= 15 is 0 Å². The van der Waals surface area contributed by atoms with E-state index in [1.165, 1.54) is 11.3 Å². The lowest BCUT2D eigenvalue weighted by Crippen LogP contribution is -2.27. The Bertz CT molecular complexity index is 763. The van der Waals surface area contributed by atoms with Crippen molar-refractivity contribution in [2.45, 2.75) is 46.6 Å². The summed E-state index contributed by atoms with van der Waals surface area (Å²) in [4.78, 5) is 16.0. The number of carbonyl (C=O) groups excluding carboxylic acids is 1. The maximum Gasteiger partial charge on any atom is 0.414 e. The van der Waals surface area contributed by atoms with Crippen molar-refractivity contribution in [1.82, 2.24) is 24.5 Å². The second-order valence-electron chi connectivity index (χ2n) is 6.38. The van der Waals surface area contributed by atoms with Crippen molar-refractivity contribution in [3.05, 3.63) is 22.8 Å². The first-order valence-corrected chi connectivity index (χ1v) is 8.28. The Balaban J connectivity index is 1.85. The molecule has 2 atom stereocenters. The van der Waals surface area contributed by atoms with Gasteiger partial charge in [0.15, 0.2) is 0 Å². The number of anilines is 1. The Morgan fingerprint density at radius 3 is 2.75 bits per heavy atom. The van der Waals surface area contributed by atoms with Crippen LogP contribution in [-0.2, 0) is 24.8 Å². The summed E-state index contributed by atoms with van der Waals surface area (Å²) in [6.45, 7) is 9.20. The van der Waals surface area contributed by atoms with E-state index in [1.54, 1.807) is 6.92 Å². The highest BCUT2D eigenvalue weighted by Crippen LogP contribution is 2.36. The molecule has 3 heterocycles. The number of hydrogen-bond acceptors (Lipinski definition) is 5. The highest BCUT2D eigenvalue weighted by molar-refractivity contribution is 5.82. The van der Waals surface area contributed by atoms with E-state index in [0.29, 0.717) is 24.4 Å². The summed E-state index contributed by atoms with van der Waals surface area (Å²) in [5.74, 6) is 1.96. The smallest absolute Gasteiger partial charge is 0.414 e. The summed E-state index contributed by atoms with van der Waals surface area (Å²) in [6, 6.07) is 0. The number of ether oxygens (including phenoxy) is 1. The molecule has 2 aromatic rings. The molecule has 1 N–H and O–H groups in total. The number of fused-ring (bicyclic) bond motifs is 1. The summed E-state index contributed by atoms with van der Waals surface area (Å²) in [5, 5.41) is 11.5. The molecule has 3 rings (SSSR count). The number of amides is 1. The number of rotatable bonds is 3. The van der Waals surface area contributed by atoms with Crippen LogP contribution in [0.2, 0.25) is 0 Å². The first-order chi connectivity index (χ1) is 11.4. The van der Waals surface area contributed by atoms with Gasteiger partial charge in [0.05, 0.1) is 18.8 Å². The molecule has 0 saturated carbocycles. The summed E-state index contributed by atoms with van der Waals surface area (Å²) in [7, 11) is 1.97. The highest BCUT2D eigenvalue weighted by atomic mass is 16.5. The monoisotopic (exact) mass is 332 g/mol. The van der Waals surface area contributed by atoms with Crippen LogP contribution in [0.3, 0.4) is 0 Å². The lowest BCUT2D eigenvalue weighted by Gasteiger charge is -2.29. The van der Waals surface area contributed by atoms with Crippen molar-refractivity contribution in [3.8, 4) is 0 Å². The third-order valence-corrected chi connectivity index (χ3v) is 4.73. The van der Waals surface area contributed by atoms with Gasteiger partial charge in [-0.15, -0.1) is 5.10 Å². The largest absolute Gasteiger partial charge is 0.450 e. The van der Waals surface area contributed by atoms with E-state index in [1.807, 2.05) is 16.4 Å². The van der Waals surface area contributed by atoms with Crippen LogP contribution in [0.25, 0.3) is 0 Å². The molecule has 1 aliphatic heterocycles. The van der Waals surface area contributed by atoms with Gasteiger partial charge in [0.2, 0.25) is 0 Å². The Hall–Kier alpha value is -2.38. The van der Waals surface area contributed by atoms with Gasteiger partial charge in [0.25, 0.3) is 5.95 Å². The predicted octanol–water partition coefficient (Wildman–Crippen LogP) is 2.17. The van der Waals surface area contributed by atoms with Crippen molar-refractivity contribution < 1.29 is 9.53 Å². The van der Waals surface area contributed by atoms with Crippen LogP contribution < -0.4 is 5.32 Å². The van der Waals surface area contributed by atoms with Crippen molar-refractivity contribution in [1.29, 1.82) is 0 Å². The zero-order valence-electron chi connectivity index (χ0n) is 14.8. The minimum absolute atomic E-state index is 0.302. The zero-order valence-corrected chi connectivity index (χ0v) is 14.8. The molecule has 0 aliphatic carbocycles. The maximum absolute atomic E-state index is 11.5. The highest BCUT2D eigenvalue weighted by Gasteiger charge is 2.32. The van der Waals surface area contributed by atoms with Gasteiger partial charge in [0, 0.05) is 30.6 Å². The standard InChI is InChI=1S/C16H24N6O2/c1-6-24-16(23)18-15-17-13-7-9(2)12(8-22(13)20-15)14-10(3)19-21(5)11(14)4/h9,12H,6-8H2,1-5H3,(H,18,20,23). The van der Waals surface area contributed by atoms with Gasteiger partial charge in [-0.25, -0.2) is 9.48 Å². The average molecular weight is 332 g/mol. The molecule has 24 heavy (non-hydrogen) atoms. The van der Waals surface area contributed by atoms with Gasteiger partial charge in [-0.2, -0.15) is 10.1 Å². The fourth-order valence-corrected chi connectivity index (χ4v) is 3.48. The maximum atomic E-state index is 11.5. The Labute approximate surface area is 141 Å². The van der Waals surface area contributed by atoms with E-state index in [9.17, 15) is 4.79 Å². The third kappa shape index (κ3) is 2.88. The van der Waals surface area contributed by atoms with Crippen molar-refractivity contribution in [3.63, 3.8) is 0 Å². The van der Waals surface area contributed by atoms with Crippen molar-refractivity contribution >= 4 is 12.0 Å². The number of nitrogens with zero attached hydrogens (tertiary/aromatic N) is 5. The van der Waals surface area contributed by atoms with Crippen molar-refractivity contribution in [2.24, 2.45) is 13.0 Å². The summed E-state index contributed by atoms with van der Waals surface area (Å²) >= 11 is 0. The molecule has 1 amide bonds. The predicted molar refractivity (Wildman–Crippen MR) is 89.0 cm³/mol. The molecular weight excluding hydrogens is 308 g/mol. The fourth-order valence-electron chi connectivity index (χ4n) is 3.48. The number of hydrogen-bond donors (Lipinski definition) is 1. The summed E-state index contributed by atoms with van der Waals surface area (Å²) in [6.07, 6.45) is 0.291. The van der Waals surface area contributed by atoms with E-state index < -0.39 is 6.09 Å². The average Bonchev–Trinajstić information content (AvgIpc) is 2.99. The molecule has 130 valence electrons. The number of nitrogens with one attached hydrogen (secondary N) is 1. The number of aryl methyl sites for hydroxylation is 2. The normalized spacial score (nSPS) is 19.9. The Kier molecular flexibility index (Phi) is 4.29. The van der Waals surface area contributed by atoms with Gasteiger partial charge < -0.3 is 4.74 Å². The lowest BCUT2D eigenvalue weighted by molar-refractivity contribution is 0.167. The van der Waals surface area contributed by atoms with Crippen LogP contribution in [-0.4, -0.2) is 37.2 Å². The van der Waals surface area contributed by atoms with Crippen LogP contribution in [0, 0.1) is 19.8 Å². The molecule has 1 aliphatic rings. The van der Waals surface area contributed by atoms with E-state index in [0.717, 1.165) is 24.5 Å². The minimum atomic E-state index is -0.524. The van der Waals surface area contributed by atoms with E-state index in [-0.39, 0.29) is 0 Å². The lowest BCUT2D eigenvalue weighted by atomic mass is 9.82. The number of carbonyl (C=O) groups is 1. The zero-order chi connectivity index (χ0) is 17.4. The fraction of sp³-hybridized carbons (Fsp3) is 0.625. The number of aromatic nitrogens is 5. The molecule has 0 fully saturated rings. The molecule has 8 heteroatoms. The SMILES string of the molecule is CCOC(=O)Nc1nc2n(n1)CC(c1c(C)nn(C)c1C)C(C)C2. The second-order valence-corrected chi connectivity index (χ2v) is 6.38. The summed E-state index contributed by atoms with van der Waals surface area (Å²) < 4.78 is 8.69. The molecule has 0 aromatic carbocycles. The topological polar surface area (TPSA) is 86.9 Å². The molecule has 8 nitrogen and oxygen atoms in total. The molecule has 2 unspecified atom stereocenters. The van der Waals surface area contributed by atoms with Crippen molar-refractivity contribution in [2.75, 3.05) is 11.9 Å². The summed E-state index contributed by atoms with van der Waals surface area (Å²) in [5.41, 5.74) is 3.56. The van der Waals surface area contributed by atoms with Crippen LogP contribution in [0.4, 0.5) is 10.7 Å². The Morgan fingerprint density at radius 2 is 2.12 bits per heavy atom. The molecule has 0 bridgehead atoms. The Morgan fingerprint density at radius 1 is 1.38 bits per heavy atom. The first kappa shape index (κ1) is 16.5. The molecular formula is C16H24N6O2. The van der Waals surface area contributed by atoms with Gasteiger partial charge >= 0.3 is 6.09 Å². The van der Waals surface area contributed by atoms with Gasteiger partial charge in [0.1, 0.15) is 5.82 Å². The van der Waals surface area contributed by atoms with E-state index in [2.05, 4.69) is 41.3 Å². The van der Waals surface area contributed by atoms with Crippen LogP contribution >= 0.6 is 0 Å². The molecule has 2 aromatic heterocycles. The van der Waals surface area contributed by atoms with Crippen LogP contribution in [0.5, 0.6) is 0 Å². The van der Waals surface area contributed by atoms with Crippen LogP contribution in [0.15, 0.2) is 0 Å². The molecule has 0 spiro atoms. The van der Waals surface area contributed by atoms with Gasteiger partial charge in [-0.05, 0) is 26.7 Å². The molecule has 0 radical (unpaired) electrons.